The molecule has 0 saturated heterocycles. The standard InChI is InChI=1S/C22H19NOS/c1-16-15-25-22(23(16)14-17-8-3-2-4-9-17)21(24)20-13-7-11-18-10-5-6-12-19(18)20/h2-13,15,24H,14H2,1H3/b22-21+. The Hall–Kier alpha value is -2.65. The lowest BCUT2D eigenvalue weighted by molar-refractivity contribution is 0.429. The normalized spacial score (nSPS) is 16.2. The molecule has 1 aliphatic rings. The first kappa shape index (κ1) is 15.9. The Bertz CT molecular complexity index is 970. The molecule has 25 heavy (non-hydrogen) atoms. The predicted octanol–water partition coefficient (Wildman–Crippen LogP) is 6.13. The molecule has 0 amide bonds. The molecule has 3 heteroatoms. The van der Waals surface area contributed by atoms with Crippen LogP contribution >= 0.6 is 11.8 Å². The molecule has 3 aromatic rings. The Morgan fingerprint density at radius 1 is 0.920 bits per heavy atom. The minimum Gasteiger partial charge on any atom is -0.505 e. The van der Waals surface area contributed by atoms with Gasteiger partial charge in [-0.3, -0.25) is 0 Å². The quantitative estimate of drug-likeness (QED) is 0.577. The van der Waals surface area contributed by atoms with Gasteiger partial charge in [-0.05, 0) is 28.7 Å². The summed E-state index contributed by atoms with van der Waals surface area (Å²) in [7, 11) is 0. The molecule has 0 aliphatic carbocycles. The molecule has 0 atom stereocenters. The van der Waals surface area contributed by atoms with Crippen molar-refractivity contribution in [2.45, 2.75) is 13.5 Å². The van der Waals surface area contributed by atoms with Gasteiger partial charge in [-0.2, -0.15) is 0 Å². The average molecular weight is 345 g/mol. The number of allylic oxidation sites excluding steroid dienone is 1. The van der Waals surface area contributed by atoms with Crippen LogP contribution in [0.25, 0.3) is 16.5 Å². The molecule has 0 fully saturated rings. The molecule has 0 radical (unpaired) electrons. The Balaban J connectivity index is 1.77. The minimum absolute atomic E-state index is 0.339. The second-order valence-corrected chi connectivity index (χ2v) is 6.99. The van der Waals surface area contributed by atoms with Gasteiger partial charge in [0.05, 0.1) is 0 Å². The van der Waals surface area contributed by atoms with Crippen molar-refractivity contribution in [2.75, 3.05) is 0 Å². The van der Waals surface area contributed by atoms with Crippen LogP contribution in [-0.4, -0.2) is 10.0 Å². The van der Waals surface area contributed by atoms with Gasteiger partial charge in [0.15, 0.2) is 5.76 Å². The van der Waals surface area contributed by atoms with Gasteiger partial charge < -0.3 is 10.0 Å². The predicted molar refractivity (Wildman–Crippen MR) is 107 cm³/mol. The first-order valence-electron chi connectivity index (χ1n) is 8.30. The van der Waals surface area contributed by atoms with Crippen molar-refractivity contribution in [3.63, 3.8) is 0 Å². The van der Waals surface area contributed by atoms with E-state index >= 15 is 0 Å². The van der Waals surface area contributed by atoms with Crippen LogP contribution in [0.4, 0.5) is 0 Å². The molecule has 0 saturated carbocycles. The van der Waals surface area contributed by atoms with Crippen LogP contribution in [0, 0.1) is 0 Å². The van der Waals surface area contributed by atoms with E-state index < -0.39 is 0 Å². The second-order valence-electron chi connectivity index (χ2n) is 6.13. The molecule has 1 heterocycles. The number of nitrogens with zero attached hydrogens (tertiary/aromatic N) is 1. The summed E-state index contributed by atoms with van der Waals surface area (Å²) < 4.78 is 0. The van der Waals surface area contributed by atoms with Crippen molar-refractivity contribution in [3.8, 4) is 0 Å². The lowest BCUT2D eigenvalue weighted by Crippen LogP contribution is -2.17. The average Bonchev–Trinajstić information content (AvgIpc) is 3.02. The third kappa shape index (κ3) is 3.03. The van der Waals surface area contributed by atoms with Crippen molar-refractivity contribution < 1.29 is 5.11 Å². The van der Waals surface area contributed by atoms with Crippen molar-refractivity contribution in [1.29, 1.82) is 0 Å². The number of aliphatic hydroxyl groups is 1. The van der Waals surface area contributed by atoms with E-state index in [9.17, 15) is 5.11 Å². The molecule has 124 valence electrons. The molecular weight excluding hydrogens is 326 g/mol. The van der Waals surface area contributed by atoms with Crippen LogP contribution in [-0.2, 0) is 6.54 Å². The van der Waals surface area contributed by atoms with E-state index in [1.54, 1.807) is 11.8 Å². The minimum atomic E-state index is 0.339. The highest BCUT2D eigenvalue weighted by Gasteiger charge is 2.23. The van der Waals surface area contributed by atoms with Crippen molar-refractivity contribution >= 4 is 28.3 Å². The molecule has 2 nitrogen and oxygen atoms in total. The molecule has 1 N–H and O–H groups in total. The highest BCUT2D eigenvalue weighted by Crippen LogP contribution is 2.40. The molecule has 0 bridgehead atoms. The maximum absolute atomic E-state index is 11.1. The zero-order chi connectivity index (χ0) is 17.2. The summed E-state index contributed by atoms with van der Waals surface area (Å²) in [6.07, 6.45) is 0. The Morgan fingerprint density at radius 3 is 2.48 bits per heavy atom. The number of benzene rings is 3. The zero-order valence-electron chi connectivity index (χ0n) is 14.0. The number of fused-ring (bicyclic) bond motifs is 1. The second kappa shape index (κ2) is 6.69. The largest absolute Gasteiger partial charge is 0.505 e. The third-order valence-corrected chi connectivity index (χ3v) is 5.54. The first-order valence-corrected chi connectivity index (χ1v) is 9.18. The van der Waals surface area contributed by atoms with E-state index in [-0.39, 0.29) is 0 Å². The number of thioether (sulfide) groups is 1. The van der Waals surface area contributed by atoms with Crippen LogP contribution in [0.3, 0.4) is 0 Å². The monoisotopic (exact) mass is 345 g/mol. The van der Waals surface area contributed by atoms with Gasteiger partial charge in [0, 0.05) is 17.8 Å². The summed E-state index contributed by atoms with van der Waals surface area (Å²) in [5.41, 5.74) is 3.25. The highest BCUT2D eigenvalue weighted by molar-refractivity contribution is 8.06. The maximum Gasteiger partial charge on any atom is 0.154 e. The van der Waals surface area contributed by atoms with Crippen LogP contribution in [0.5, 0.6) is 0 Å². The van der Waals surface area contributed by atoms with Gasteiger partial charge in [-0.15, -0.1) is 0 Å². The lowest BCUT2D eigenvalue weighted by atomic mass is 10.0. The Kier molecular flexibility index (Phi) is 4.24. The summed E-state index contributed by atoms with van der Waals surface area (Å²) in [6, 6.07) is 24.6. The molecule has 3 aromatic carbocycles. The molecule has 0 spiro atoms. The Labute approximate surface area is 152 Å². The molecule has 0 unspecified atom stereocenters. The van der Waals surface area contributed by atoms with Crippen LogP contribution in [0.1, 0.15) is 18.1 Å². The summed E-state index contributed by atoms with van der Waals surface area (Å²) in [5, 5.41) is 16.3. The topological polar surface area (TPSA) is 23.5 Å². The molecule has 4 rings (SSSR count). The van der Waals surface area contributed by atoms with E-state index in [4.69, 9.17) is 0 Å². The van der Waals surface area contributed by atoms with Crippen LogP contribution in [0.2, 0.25) is 0 Å². The summed E-state index contributed by atoms with van der Waals surface area (Å²) in [6.45, 7) is 2.83. The van der Waals surface area contributed by atoms with E-state index in [2.05, 4.69) is 47.6 Å². The van der Waals surface area contributed by atoms with Gasteiger partial charge in [0.2, 0.25) is 0 Å². The van der Waals surface area contributed by atoms with Crippen molar-refractivity contribution in [1.82, 2.24) is 4.90 Å². The fraction of sp³-hybridized carbons (Fsp3) is 0.0909. The maximum atomic E-state index is 11.1. The SMILES string of the molecule is CC1=CS/C(=C(/O)c2cccc3ccccc23)N1Cc1ccccc1. The van der Waals surface area contributed by atoms with Gasteiger partial charge in [0.25, 0.3) is 0 Å². The lowest BCUT2D eigenvalue weighted by Gasteiger charge is -2.23. The zero-order valence-corrected chi connectivity index (χ0v) is 14.8. The van der Waals surface area contributed by atoms with Crippen molar-refractivity contribution in [3.05, 3.63) is 100 Å². The van der Waals surface area contributed by atoms with Crippen LogP contribution in [0.15, 0.2) is 88.9 Å². The summed E-state index contributed by atoms with van der Waals surface area (Å²) in [5.74, 6) is 0.339. The van der Waals surface area contributed by atoms with Gasteiger partial charge >= 0.3 is 0 Å². The number of hydrogen-bond acceptors (Lipinski definition) is 3. The van der Waals surface area contributed by atoms with Gasteiger partial charge in [0.1, 0.15) is 5.03 Å². The van der Waals surface area contributed by atoms with E-state index in [1.807, 2.05) is 42.5 Å². The fourth-order valence-corrected chi connectivity index (χ4v) is 4.09. The number of hydrogen-bond donors (Lipinski definition) is 1. The first-order chi connectivity index (χ1) is 12.2. The number of rotatable bonds is 3. The Morgan fingerprint density at radius 2 is 1.64 bits per heavy atom. The van der Waals surface area contributed by atoms with Gasteiger partial charge in [-0.1, -0.05) is 84.6 Å². The highest BCUT2D eigenvalue weighted by atomic mass is 32.2. The summed E-state index contributed by atoms with van der Waals surface area (Å²) >= 11 is 1.58. The van der Waals surface area contributed by atoms with Crippen molar-refractivity contribution in [2.24, 2.45) is 0 Å². The van der Waals surface area contributed by atoms with Gasteiger partial charge in [-0.25, -0.2) is 0 Å². The molecule has 1 aliphatic heterocycles. The summed E-state index contributed by atoms with van der Waals surface area (Å²) in [4.78, 5) is 2.18. The van der Waals surface area contributed by atoms with E-state index in [0.29, 0.717) is 5.76 Å². The fourth-order valence-electron chi connectivity index (χ4n) is 3.12. The van der Waals surface area contributed by atoms with E-state index in [0.717, 1.165) is 33.6 Å². The number of aliphatic hydroxyl groups excluding tert-OH is 1. The van der Waals surface area contributed by atoms with E-state index in [1.165, 1.54) is 5.56 Å². The smallest absolute Gasteiger partial charge is 0.154 e. The third-order valence-electron chi connectivity index (χ3n) is 4.44. The van der Waals surface area contributed by atoms with Crippen LogP contribution < -0.4 is 0 Å². The molecule has 0 aromatic heterocycles. The molecular formula is C22H19NOS.